The molecule has 0 rings (SSSR count). The Morgan fingerprint density at radius 3 is 2.08 bits per heavy atom. The summed E-state index contributed by atoms with van der Waals surface area (Å²) >= 11 is 0. The first kappa shape index (κ1) is 22.3. The monoisotopic (exact) mass is 340 g/mol. The highest BCUT2D eigenvalue weighted by atomic mass is 19.2. The van der Waals surface area contributed by atoms with Crippen molar-refractivity contribution < 1.29 is 18.7 Å². The summed E-state index contributed by atoms with van der Waals surface area (Å²) in [6.45, 7) is 2.19. The molecule has 0 heterocycles. The molecule has 2 nitrogen and oxygen atoms in total. The fourth-order valence-corrected chi connectivity index (χ4v) is 2.00. The summed E-state index contributed by atoms with van der Waals surface area (Å²) in [5, 5.41) is 8.44. The van der Waals surface area contributed by atoms with Crippen molar-refractivity contribution in [1.29, 1.82) is 0 Å². The molecule has 0 bridgehead atoms. The molecule has 0 aromatic carbocycles. The standard InChI is InChI=1S/C20H30F2O2/c1-2-3-4-5-6-7-8-9-10-11-12-13-15-18(21)19(22)16-14-17-20(23)24/h6-7,9-10,12-13H,2-5,8,11,14-17H2,1H3,(H,23,24)/b7-6-,10-9-,13-12-,19-18-. The van der Waals surface area contributed by atoms with Crippen molar-refractivity contribution in [3.8, 4) is 0 Å². The van der Waals surface area contributed by atoms with Crippen LogP contribution < -0.4 is 0 Å². The van der Waals surface area contributed by atoms with E-state index in [-0.39, 0.29) is 25.7 Å². The van der Waals surface area contributed by atoms with Crippen LogP contribution in [-0.4, -0.2) is 11.1 Å². The van der Waals surface area contributed by atoms with Gasteiger partial charge in [-0.05, 0) is 32.1 Å². The molecule has 0 unspecified atom stereocenters. The molecule has 0 aliphatic heterocycles. The molecular formula is C20H30F2O2. The SMILES string of the molecule is CCCCC/C=C\C/C=C\C/C=C\C/C(F)=C(/F)CCCC(=O)O. The summed E-state index contributed by atoms with van der Waals surface area (Å²) < 4.78 is 26.7. The third-order valence-electron chi connectivity index (χ3n) is 3.40. The smallest absolute Gasteiger partial charge is 0.303 e. The maximum absolute atomic E-state index is 13.4. The lowest BCUT2D eigenvalue weighted by atomic mass is 10.2. The Hall–Kier alpha value is -1.71. The van der Waals surface area contributed by atoms with Crippen LogP contribution in [0.25, 0.3) is 0 Å². The number of hydrogen-bond acceptors (Lipinski definition) is 1. The number of unbranched alkanes of at least 4 members (excludes halogenated alkanes) is 3. The van der Waals surface area contributed by atoms with Gasteiger partial charge in [-0.2, -0.15) is 0 Å². The van der Waals surface area contributed by atoms with Gasteiger partial charge in [0.1, 0.15) is 11.7 Å². The number of hydrogen-bond donors (Lipinski definition) is 1. The molecule has 0 amide bonds. The van der Waals surface area contributed by atoms with Gasteiger partial charge in [0.25, 0.3) is 0 Å². The molecule has 0 saturated heterocycles. The Morgan fingerprint density at radius 2 is 1.46 bits per heavy atom. The number of halogens is 2. The van der Waals surface area contributed by atoms with E-state index in [1.54, 1.807) is 12.2 Å². The highest BCUT2D eigenvalue weighted by Crippen LogP contribution is 2.18. The van der Waals surface area contributed by atoms with E-state index in [1.165, 1.54) is 19.3 Å². The van der Waals surface area contributed by atoms with E-state index in [9.17, 15) is 13.6 Å². The predicted octanol–water partition coefficient (Wildman–Crippen LogP) is 6.81. The Labute approximate surface area is 144 Å². The van der Waals surface area contributed by atoms with E-state index >= 15 is 0 Å². The number of carbonyl (C=O) groups is 1. The number of allylic oxidation sites excluding steroid dienone is 8. The zero-order chi connectivity index (χ0) is 18.0. The van der Waals surface area contributed by atoms with E-state index in [4.69, 9.17) is 5.11 Å². The van der Waals surface area contributed by atoms with Crippen LogP contribution >= 0.6 is 0 Å². The molecular weight excluding hydrogens is 310 g/mol. The van der Waals surface area contributed by atoms with Crippen molar-refractivity contribution in [2.24, 2.45) is 0 Å². The molecule has 0 radical (unpaired) electrons. The minimum absolute atomic E-state index is 0.0793. The molecule has 0 aromatic heterocycles. The van der Waals surface area contributed by atoms with Crippen LogP contribution in [0.1, 0.15) is 71.1 Å². The summed E-state index contributed by atoms with van der Waals surface area (Å²) in [6, 6.07) is 0. The van der Waals surface area contributed by atoms with E-state index in [1.807, 2.05) is 6.08 Å². The summed E-state index contributed by atoms with van der Waals surface area (Å²) in [5.41, 5.74) is 0. The maximum atomic E-state index is 13.4. The zero-order valence-corrected chi connectivity index (χ0v) is 14.6. The van der Waals surface area contributed by atoms with Crippen LogP contribution in [0.2, 0.25) is 0 Å². The Bertz CT molecular complexity index is 449. The lowest BCUT2D eigenvalue weighted by Gasteiger charge is -1.98. The summed E-state index contributed by atoms with van der Waals surface area (Å²) in [4.78, 5) is 10.3. The lowest BCUT2D eigenvalue weighted by Crippen LogP contribution is -1.94. The Balaban J connectivity index is 3.79. The fraction of sp³-hybridized carbons (Fsp3) is 0.550. The Kier molecular flexibility index (Phi) is 15.0. The van der Waals surface area contributed by atoms with Crippen LogP contribution in [-0.2, 0) is 4.79 Å². The van der Waals surface area contributed by atoms with Crippen LogP contribution in [0.3, 0.4) is 0 Å². The van der Waals surface area contributed by atoms with Crippen LogP contribution in [0, 0.1) is 0 Å². The first-order chi connectivity index (χ1) is 11.6. The molecule has 24 heavy (non-hydrogen) atoms. The quantitative estimate of drug-likeness (QED) is 0.278. The Morgan fingerprint density at radius 1 is 0.833 bits per heavy atom. The van der Waals surface area contributed by atoms with Gasteiger partial charge in [-0.3, -0.25) is 4.79 Å². The lowest BCUT2D eigenvalue weighted by molar-refractivity contribution is -0.137. The van der Waals surface area contributed by atoms with Crippen LogP contribution in [0.4, 0.5) is 8.78 Å². The van der Waals surface area contributed by atoms with Crippen molar-refractivity contribution in [2.45, 2.75) is 71.1 Å². The minimum Gasteiger partial charge on any atom is -0.481 e. The molecule has 4 heteroatoms. The minimum atomic E-state index is -0.995. The third-order valence-corrected chi connectivity index (χ3v) is 3.40. The van der Waals surface area contributed by atoms with Gasteiger partial charge in [0, 0.05) is 19.3 Å². The van der Waals surface area contributed by atoms with Crippen molar-refractivity contribution >= 4 is 5.97 Å². The average Bonchev–Trinajstić information content (AvgIpc) is 2.55. The second-order valence-electron chi connectivity index (χ2n) is 5.64. The molecule has 136 valence electrons. The molecule has 1 N–H and O–H groups in total. The topological polar surface area (TPSA) is 37.3 Å². The normalized spacial score (nSPS) is 13.3. The maximum Gasteiger partial charge on any atom is 0.303 e. The summed E-state index contributed by atoms with van der Waals surface area (Å²) in [5.74, 6) is -2.65. The van der Waals surface area contributed by atoms with Gasteiger partial charge in [-0.15, -0.1) is 0 Å². The number of aliphatic carboxylic acids is 1. The molecule has 0 aliphatic rings. The third kappa shape index (κ3) is 15.2. The van der Waals surface area contributed by atoms with Crippen molar-refractivity contribution in [1.82, 2.24) is 0 Å². The van der Waals surface area contributed by atoms with Crippen LogP contribution in [0.15, 0.2) is 48.1 Å². The number of rotatable bonds is 14. The largest absolute Gasteiger partial charge is 0.481 e. The molecule has 0 spiro atoms. The second-order valence-corrected chi connectivity index (χ2v) is 5.64. The highest BCUT2D eigenvalue weighted by Gasteiger charge is 2.05. The number of carboxylic acid groups (broad SMARTS) is 1. The van der Waals surface area contributed by atoms with Crippen molar-refractivity contribution in [3.05, 3.63) is 48.1 Å². The van der Waals surface area contributed by atoms with Crippen LogP contribution in [0.5, 0.6) is 0 Å². The van der Waals surface area contributed by atoms with Gasteiger partial charge in [0.2, 0.25) is 0 Å². The molecule has 0 aromatic rings. The molecule has 0 aliphatic carbocycles. The van der Waals surface area contributed by atoms with Gasteiger partial charge < -0.3 is 5.11 Å². The first-order valence-electron chi connectivity index (χ1n) is 8.77. The predicted molar refractivity (Wildman–Crippen MR) is 96.1 cm³/mol. The van der Waals surface area contributed by atoms with E-state index in [0.29, 0.717) is 6.42 Å². The number of carboxylic acids is 1. The van der Waals surface area contributed by atoms with E-state index in [0.717, 1.165) is 12.8 Å². The fourth-order valence-electron chi connectivity index (χ4n) is 2.00. The van der Waals surface area contributed by atoms with Gasteiger partial charge in [-0.1, -0.05) is 56.2 Å². The van der Waals surface area contributed by atoms with Gasteiger partial charge in [-0.25, -0.2) is 8.78 Å². The average molecular weight is 340 g/mol. The zero-order valence-electron chi connectivity index (χ0n) is 14.6. The molecule has 0 atom stereocenters. The van der Waals surface area contributed by atoms with Gasteiger partial charge >= 0.3 is 5.97 Å². The van der Waals surface area contributed by atoms with Gasteiger partial charge in [0.05, 0.1) is 0 Å². The highest BCUT2D eigenvalue weighted by molar-refractivity contribution is 5.66. The van der Waals surface area contributed by atoms with Crippen molar-refractivity contribution in [3.63, 3.8) is 0 Å². The van der Waals surface area contributed by atoms with Gasteiger partial charge in [0.15, 0.2) is 0 Å². The second kappa shape index (κ2) is 16.2. The summed E-state index contributed by atoms with van der Waals surface area (Å²) in [6.07, 6.45) is 18.0. The van der Waals surface area contributed by atoms with Crippen molar-refractivity contribution in [2.75, 3.05) is 0 Å². The first-order valence-corrected chi connectivity index (χ1v) is 8.77. The molecule has 0 saturated carbocycles. The van der Waals surface area contributed by atoms with E-state index in [2.05, 4.69) is 25.2 Å². The van der Waals surface area contributed by atoms with E-state index < -0.39 is 17.6 Å². The summed E-state index contributed by atoms with van der Waals surface area (Å²) in [7, 11) is 0. The molecule has 0 fully saturated rings.